The zero-order valence-corrected chi connectivity index (χ0v) is 11.8. The summed E-state index contributed by atoms with van der Waals surface area (Å²) in [6, 6.07) is 3.91. The number of carboxylic acid groups (broad SMARTS) is 1. The van der Waals surface area contributed by atoms with Crippen molar-refractivity contribution in [3.63, 3.8) is 0 Å². The summed E-state index contributed by atoms with van der Waals surface area (Å²) >= 11 is 0. The van der Waals surface area contributed by atoms with Crippen molar-refractivity contribution in [2.45, 2.75) is 18.5 Å². The van der Waals surface area contributed by atoms with E-state index >= 15 is 0 Å². The molecular formula is C12H12N4O4S. The fraction of sp³-hybridized carbons (Fsp3) is 0.167. The summed E-state index contributed by atoms with van der Waals surface area (Å²) in [6.07, 6.45) is 2.53. The normalized spacial score (nSPS) is 11.3. The lowest BCUT2D eigenvalue weighted by Crippen LogP contribution is -2.24. The average Bonchev–Trinajstić information content (AvgIpc) is 2.45. The summed E-state index contributed by atoms with van der Waals surface area (Å²) in [6.45, 7) is 1.69. The molecule has 21 heavy (non-hydrogen) atoms. The van der Waals surface area contributed by atoms with E-state index in [1.165, 1.54) is 12.3 Å². The molecule has 9 heteroatoms. The molecule has 2 heterocycles. The van der Waals surface area contributed by atoms with Gasteiger partial charge in [-0.05, 0) is 25.1 Å². The highest BCUT2D eigenvalue weighted by Crippen LogP contribution is 2.07. The minimum Gasteiger partial charge on any atom is -0.478 e. The van der Waals surface area contributed by atoms with Gasteiger partial charge >= 0.3 is 5.97 Å². The van der Waals surface area contributed by atoms with E-state index < -0.39 is 16.0 Å². The van der Waals surface area contributed by atoms with Crippen LogP contribution >= 0.6 is 0 Å². The van der Waals surface area contributed by atoms with Gasteiger partial charge in [-0.25, -0.2) is 32.9 Å². The van der Waals surface area contributed by atoms with Crippen LogP contribution in [0.5, 0.6) is 0 Å². The lowest BCUT2D eigenvalue weighted by atomic mass is 10.3. The number of sulfonamides is 1. The maximum Gasteiger partial charge on any atom is 0.337 e. The third-order valence-electron chi connectivity index (χ3n) is 2.54. The standard InChI is InChI=1S/C12H12N4O4S/c1-8-13-5-4-10(16-8)7-15-21(19,20)11-3-2-9(6-14-11)12(17)18/h2-6,15H,7H2,1H3,(H,17,18). The van der Waals surface area contributed by atoms with E-state index in [0.29, 0.717) is 11.5 Å². The number of hydrogen-bond donors (Lipinski definition) is 2. The van der Waals surface area contributed by atoms with Crippen molar-refractivity contribution in [2.24, 2.45) is 0 Å². The molecule has 0 spiro atoms. The third kappa shape index (κ3) is 3.80. The second-order valence-corrected chi connectivity index (χ2v) is 5.82. The smallest absolute Gasteiger partial charge is 0.337 e. The van der Waals surface area contributed by atoms with Crippen molar-refractivity contribution in [3.8, 4) is 0 Å². The van der Waals surface area contributed by atoms with Crippen LogP contribution in [-0.2, 0) is 16.6 Å². The predicted octanol–water partition coefficient (Wildman–Crippen LogP) is 0.357. The Labute approximate surface area is 121 Å². The second-order valence-electron chi connectivity index (χ2n) is 4.11. The minimum absolute atomic E-state index is 0.00590. The van der Waals surface area contributed by atoms with Gasteiger partial charge in [-0.1, -0.05) is 0 Å². The topological polar surface area (TPSA) is 122 Å². The van der Waals surface area contributed by atoms with Crippen LogP contribution in [0.3, 0.4) is 0 Å². The van der Waals surface area contributed by atoms with Gasteiger partial charge in [0.05, 0.1) is 17.8 Å². The minimum atomic E-state index is -3.83. The van der Waals surface area contributed by atoms with Gasteiger partial charge in [-0.15, -0.1) is 0 Å². The van der Waals surface area contributed by atoms with E-state index in [0.717, 1.165) is 12.3 Å². The first-order valence-electron chi connectivity index (χ1n) is 5.86. The first-order valence-corrected chi connectivity index (χ1v) is 7.34. The monoisotopic (exact) mass is 308 g/mol. The number of aromatic nitrogens is 3. The van der Waals surface area contributed by atoms with Crippen molar-refractivity contribution in [1.82, 2.24) is 19.7 Å². The molecule has 2 aromatic rings. The molecule has 0 aliphatic rings. The van der Waals surface area contributed by atoms with Crippen molar-refractivity contribution >= 4 is 16.0 Å². The van der Waals surface area contributed by atoms with Gasteiger partial charge in [-0.2, -0.15) is 0 Å². The molecule has 8 nitrogen and oxygen atoms in total. The van der Waals surface area contributed by atoms with Gasteiger partial charge in [0.25, 0.3) is 10.0 Å². The van der Waals surface area contributed by atoms with Crippen LogP contribution in [0.1, 0.15) is 21.9 Å². The average molecular weight is 308 g/mol. The second kappa shape index (κ2) is 5.94. The van der Waals surface area contributed by atoms with Crippen molar-refractivity contribution < 1.29 is 18.3 Å². The molecule has 0 unspecified atom stereocenters. The molecule has 2 aromatic heterocycles. The van der Waals surface area contributed by atoms with Crippen molar-refractivity contribution in [3.05, 3.63) is 47.7 Å². The van der Waals surface area contributed by atoms with Crippen LogP contribution in [0.2, 0.25) is 0 Å². The summed E-state index contributed by atoms with van der Waals surface area (Å²) in [5.74, 6) is -0.633. The zero-order chi connectivity index (χ0) is 15.5. The molecule has 0 bridgehead atoms. The molecule has 110 valence electrons. The summed E-state index contributed by atoms with van der Waals surface area (Å²) < 4.78 is 26.4. The quantitative estimate of drug-likeness (QED) is 0.817. The molecule has 0 saturated carbocycles. The Bertz CT molecular complexity index is 759. The maximum absolute atomic E-state index is 12.0. The van der Waals surface area contributed by atoms with E-state index in [4.69, 9.17) is 5.11 Å². The van der Waals surface area contributed by atoms with Gasteiger partial charge in [-0.3, -0.25) is 0 Å². The Morgan fingerprint density at radius 3 is 2.62 bits per heavy atom. The van der Waals surface area contributed by atoms with Gasteiger partial charge in [0.2, 0.25) is 0 Å². The fourth-order valence-corrected chi connectivity index (χ4v) is 2.44. The number of rotatable bonds is 5. The lowest BCUT2D eigenvalue weighted by Gasteiger charge is -2.06. The lowest BCUT2D eigenvalue weighted by molar-refractivity contribution is 0.0696. The molecule has 0 atom stereocenters. The molecule has 0 fully saturated rings. The van der Waals surface area contributed by atoms with Gasteiger partial charge in [0.15, 0.2) is 5.03 Å². The Morgan fingerprint density at radius 2 is 2.05 bits per heavy atom. The molecule has 0 aliphatic heterocycles. The predicted molar refractivity (Wildman–Crippen MR) is 72.0 cm³/mol. The fourth-order valence-electron chi connectivity index (χ4n) is 1.51. The molecular weight excluding hydrogens is 296 g/mol. The molecule has 0 amide bonds. The van der Waals surface area contributed by atoms with Crippen LogP contribution in [0.15, 0.2) is 35.6 Å². The summed E-state index contributed by atoms with van der Waals surface area (Å²) in [7, 11) is -3.83. The van der Waals surface area contributed by atoms with Crippen LogP contribution in [0.25, 0.3) is 0 Å². The number of nitrogens with one attached hydrogen (secondary N) is 1. The van der Waals surface area contributed by atoms with E-state index in [-0.39, 0.29) is 17.1 Å². The Kier molecular flexibility index (Phi) is 4.24. The first-order chi connectivity index (χ1) is 9.88. The molecule has 0 saturated heterocycles. The van der Waals surface area contributed by atoms with Crippen LogP contribution in [-0.4, -0.2) is 34.4 Å². The van der Waals surface area contributed by atoms with E-state index in [9.17, 15) is 13.2 Å². The van der Waals surface area contributed by atoms with E-state index in [2.05, 4.69) is 19.7 Å². The molecule has 0 aromatic carbocycles. The number of aryl methyl sites for hydroxylation is 1. The van der Waals surface area contributed by atoms with Crippen LogP contribution in [0, 0.1) is 6.92 Å². The van der Waals surface area contributed by atoms with Gasteiger partial charge in [0.1, 0.15) is 5.82 Å². The largest absolute Gasteiger partial charge is 0.478 e. The Balaban J connectivity index is 2.13. The highest BCUT2D eigenvalue weighted by Gasteiger charge is 2.16. The number of carboxylic acids is 1. The first kappa shape index (κ1) is 15.0. The highest BCUT2D eigenvalue weighted by molar-refractivity contribution is 7.89. The summed E-state index contributed by atoms with van der Waals surface area (Å²) in [5.41, 5.74) is 0.439. The van der Waals surface area contributed by atoms with E-state index in [1.807, 2.05) is 0 Å². The van der Waals surface area contributed by atoms with Crippen molar-refractivity contribution in [2.75, 3.05) is 0 Å². The summed E-state index contributed by atoms with van der Waals surface area (Å²) in [4.78, 5) is 22.3. The van der Waals surface area contributed by atoms with Crippen LogP contribution in [0.4, 0.5) is 0 Å². The highest BCUT2D eigenvalue weighted by atomic mass is 32.2. The number of pyridine rings is 1. The third-order valence-corrected chi connectivity index (χ3v) is 3.85. The van der Waals surface area contributed by atoms with Crippen LogP contribution < -0.4 is 4.72 Å². The maximum atomic E-state index is 12.0. The van der Waals surface area contributed by atoms with Crippen molar-refractivity contribution in [1.29, 1.82) is 0 Å². The van der Waals surface area contributed by atoms with E-state index in [1.54, 1.807) is 13.0 Å². The number of nitrogens with zero attached hydrogens (tertiary/aromatic N) is 3. The Hall–Kier alpha value is -2.39. The van der Waals surface area contributed by atoms with Gasteiger partial charge in [0, 0.05) is 12.4 Å². The summed E-state index contributed by atoms with van der Waals surface area (Å²) in [5, 5.41) is 8.49. The molecule has 2 N–H and O–H groups in total. The number of hydrogen-bond acceptors (Lipinski definition) is 6. The number of carbonyl (C=O) groups is 1. The zero-order valence-electron chi connectivity index (χ0n) is 11.0. The number of aromatic carboxylic acids is 1. The molecule has 2 rings (SSSR count). The SMILES string of the molecule is Cc1nccc(CNS(=O)(=O)c2ccc(C(=O)O)cn2)n1. The van der Waals surface area contributed by atoms with Gasteiger partial charge < -0.3 is 5.11 Å². The Morgan fingerprint density at radius 1 is 1.29 bits per heavy atom. The molecule has 0 aliphatic carbocycles. The molecule has 0 radical (unpaired) electrons.